The van der Waals surface area contributed by atoms with Crippen molar-refractivity contribution in [1.82, 2.24) is 0 Å². The standard InChI is InChI=1S/C17H38N.ClH.Na/c1-5-6-7-8-9-10-11-12-13-14-15-16-17-18(2,3)4;;/h5-17H2,1-4H3;1H;/q+1;;/p-1. The fourth-order valence-electron chi connectivity index (χ4n) is 2.43. The number of halogens is 1. The Balaban J connectivity index is -0.00000144. The Morgan fingerprint density at radius 2 is 0.850 bits per heavy atom. The van der Waals surface area contributed by atoms with Crippen molar-refractivity contribution in [2.24, 2.45) is 0 Å². The summed E-state index contributed by atoms with van der Waals surface area (Å²) < 4.78 is 1.12. The van der Waals surface area contributed by atoms with E-state index in [2.05, 4.69) is 28.1 Å². The molecule has 0 aliphatic rings. The van der Waals surface area contributed by atoms with Gasteiger partial charge in [0.1, 0.15) is 0 Å². The van der Waals surface area contributed by atoms with Crippen LogP contribution in [-0.4, -0.2) is 61.7 Å². The van der Waals surface area contributed by atoms with Crippen molar-refractivity contribution in [3.05, 3.63) is 0 Å². The normalized spacial score (nSPS) is 10.8. The summed E-state index contributed by atoms with van der Waals surface area (Å²) in [6.45, 7) is 3.62. The zero-order valence-electron chi connectivity index (χ0n) is 15.0. The summed E-state index contributed by atoms with van der Waals surface area (Å²) in [6.07, 6.45) is 17.4. The van der Waals surface area contributed by atoms with Crippen molar-refractivity contribution in [2.75, 3.05) is 27.7 Å². The van der Waals surface area contributed by atoms with Crippen molar-refractivity contribution in [1.29, 1.82) is 0 Å². The molecule has 0 aliphatic carbocycles. The average Bonchev–Trinajstić information content (AvgIpc) is 2.29. The molecule has 0 saturated heterocycles. The molecular formula is C17H38ClNNa. The van der Waals surface area contributed by atoms with Crippen LogP contribution >= 0.6 is 0 Å². The van der Waals surface area contributed by atoms with E-state index in [1.54, 1.807) is 0 Å². The summed E-state index contributed by atoms with van der Waals surface area (Å²) in [5.74, 6) is 0. The van der Waals surface area contributed by atoms with E-state index < -0.39 is 0 Å². The molecule has 0 unspecified atom stereocenters. The summed E-state index contributed by atoms with van der Waals surface area (Å²) in [5, 5.41) is 0. The smallest absolute Gasteiger partial charge is 0.0780 e. The number of unbranched alkanes of at least 4 members (excludes halogenated alkanes) is 11. The Bertz CT molecular complexity index is 169. The fraction of sp³-hybridized carbons (Fsp3) is 1.00. The molecule has 0 spiro atoms. The topological polar surface area (TPSA) is 0 Å². The number of nitrogens with zero attached hydrogens (tertiary/aromatic N) is 1. The van der Waals surface area contributed by atoms with Gasteiger partial charge in [0.05, 0.1) is 27.7 Å². The maximum Gasteiger partial charge on any atom is 0.0780 e. The van der Waals surface area contributed by atoms with Crippen LogP contribution in [-0.2, 0) is 0 Å². The Hall–Kier alpha value is 1.25. The van der Waals surface area contributed by atoms with Gasteiger partial charge in [0, 0.05) is 29.6 Å². The third-order valence-electron chi connectivity index (χ3n) is 3.68. The van der Waals surface area contributed by atoms with Crippen LogP contribution in [0, 0.1) is 0 Å². The first kappa shape index (κ1) is 26.2. The van der Waals surface area contributed by atoms with Gasteiger partial charge in [-0.25, -0.2) is 0 Å². The van der Waals surface area contributed by atoms with E-state index in [-0.39, 0.29) is 42.0 Å². The Morgan fingerprint density at radius 1 is 0.550 bits per heavy atom. The molecule has 20 heavy (non-hydrogen) atoms. The van der Waals surface area contributed by atoms with E-state index in [9.17, 15) is 0 Å². The summed E-state index contributed by atoms with van der Waals surface area (Å²) >= 11 is 0. The number of quaternary nitrogens is 1. The fourth-order valence-corrected chi connectivity index (χ4v) is 2.43. The van der Waals surface area contributed by atoms with Gasteiger partial charge in [0.25, 0.3) is 0 Å². The van der Waals surface area contributed by atoms with Gasteiger partial charge in [0.15, 0.2) is 0 Å². The maximum absolute atomic E-state index is 2.29. The van der Waals surface area contributed by atoms with Crippen molar-refractivity contribution >= 4 is 29.6 Å². The van der Waals surface area contributed by atoms with Crippen LogP contribution in [0.15, 0.2) is 0 Å². The minimum atomic E-state index is 0. The minimum Gasteiger partial charge on any atom is -1.00 e. The van der Waals surface area contributed by atoms with Crippen LogP contribution < -0.4 is 12.4 Å². The van der Waals surface area contributed by atoms with Crippen molar-refractivity contribution in [2.45, 2.75) is 84.0 Å². The molecule has 0 bridgehead atoms. The van der Waals surface area contributed by atoms with Crippen LogP contribution in [0.4, 0.5) is 0 Å². The van der Waals surface area contributed by atoms with Gasteiger partial charge in [0.2, 0.25) is 0 Å². The second-order valence-corrected chi connectivity index (χ2v) is 6.90. The van der Waals surface area contributed by atoms with Gasteiger partial charge in [-0.05, 0) is 12.8 Å². The van der Waals surface area contributed by atoms with E-state index in [0.29, 0.717) is 0 Å². The first-order valence-corrected chi connectivity index (χ1v) is 8.36. The largest absolute Gasteiger partial charge is 1.00 e. The van der Waals surface area contributed by atoms with Crippen LogP contribution in [0.1, 0.15) is 84.0 Å². The molecule has 0 N–H and O–H groups in total. The van der Waals surface area contributed by atoms with E-state index in [1.165, 1.54) is 83.6 Å². The molecule has 0 heterocycles. The summed E-state index contributed by atoms with van der Waals surface area (Å²) in [5.41, 5.74) is 0. The molecule has 3 heteroatoms. The molecule has 0 fully saturated rings. The van der Waals surface area contributed by atoms with Gasteiger partial charge < -0.3 is 16.9 Å². The maximum atomic E-state index is 2.29. The summed E-state index contributed by atoms with van der Waals surface area (Å²) in [7, 11) is 6.87. The third kappa shape index (κ3) is 24.3. The van der Waals surface area contributed by atoms with Crippen molar-refractivity contribution in [3.8, 4) is 0 Å². The van der Waals surface area contributed by atoms with E-state index >= 15 is 0 Å². The molecule has 0 aromatic heterocycles. The molecule has 0 aliphatic heterocycles. The predicted octanol–water partition coefficient (Wildman–Crippen LogP) is 2.02. The first-order chi connectivity index (χ1) is 8.56. The molecule has 119 valence electrons. The van der Waals surface area contributed by atoms with E-state index in [1.807, 2.05) is 0 Å². The third-order valence-corrected chi connectivity index (χ3v) is 3.68. The summed E-state index contributed by atoms with van der Waals surface area (Å²) in [6, 6.07) is 0. The van der Waals surface area contributed by atoms with Gasteiger partial charge in [-0.3, -0.25) is 0 Å². The Kier molecular flexibility index (Phi) is 23.9. The quantitative estimate of drug-likeness (QED) is 0.277. The SMILES string of the molecule is CCCCCCCCCCCCCC[N+](C)(C)C.[Cl-].[Na]. The molecule has 1 radical (unpaired) electrons. The number of hydrogen-bond donors (Lipinski definition) is 0. The van der Waals surface area contributed by atoms with Crippen LogP contribution in [0.2, 0.25) is 0 Å². The van der Waals surface area contributed by atoms with Crippen LogP contribution in [0.25, 0.3) is 0 Å². The van der Waals surface area contributed by atoms with Gasteiger partial charge >= 0.3 is 0 Å². The number of rotatable bonds is 13. The monoisotopic (exact) mass is 314 g/mol. The first-order valence-electron chi connectivity index (χ1n) is 8.36. The zero-order chi connectivity index (χ0) is 13.7. The zero-order valence-corrected chi connectivity index (χ0v) is 17.8. The van der Waals surface area contributed by atoms with E-state index in [0.717, 1.165) is 4.48 Å². The Labute approximate surface area is 157 Å². The predicted molar refractivity (Wildman–Crippen MR) is 89.7 cm³/mol. The van der Waals surface area contributed by atoms with Gasteiger partial charge in [-0.1, -0.05) is 71.1 Å². The van der Waals surface area contributed by atoms with Gasteiger partial charge in [-0.15, -0.1) is 0 Å². The molecule has 0 amide bonds. The Morgan fingerprint density at radius 3 is 1.15 bits per heavy atom. The molecule has 0 rings (SSSR count). The minimum absolute atomic E-state index is 0. The van der Waals surface area contributed by atoms with Crippen LogP contribution in [0.5, 0.6) is 0 Å². The molecule has 0 aromatic rings. The molecule has 1 nitrogen and oxygen atoms in total. The second kappa shape index (κ2) is 18.3. The van der Waals surface area contributed by atoms with Gasteiger partial charge in [-0.2, -0.15) is 0 Å². The van der Waals surface area contributed by atoms with E-state index in [4.69, 9.17) is 0 Å². The second-order valence-electron chi connectivity index (χ2n) is 6.90. The molecule has 0 aromatic carbocycles. The average molecular weight is 315 g/mol. The van der Waals surface area contributed by atoms with Crippen molar-refractivity contribution < 1.29 is 16.9 Å². The van der Waals surface area contributed by atoms with Crippen molar-refractivity contribution in [3.63, 3.8) is 0 Å². The number of hydrogen-bond acceptors (Lipinski definition) is 0. The molecule has 0 saturated carbocycles. The summed E-state index contributed by atoms with van der Waals surface area (Å²) in [4.78, 5) is 0. The molecular weight excluding hydrogens is 277 g/mol. The molecule has 0 atom stereocenters. The van der Waals surface area contributed by atoms with Crippen LogP contribution in [0.3, 0.4) is 0 Å².